The first-order valence-electron chi connectivity index (χ1n) is 8.19. The Morgan fingerprint density at radius 1 is 1.00 bits per heavy atom. The highest BCUT2D eigenvalue weighted by molar-refractivity contribution is 6.02. The summed E-state index contributed by atoms with van der Waals surface area (Å²) in [6.07, 6.45) is -0.391. The fourth-order valence-electron chi connectivity index (χ4n) is 3.20. The molecule has 4 heteroatoms. The van der Waals surface area contributed by atoms with Crippen LogP contribution in [0.2, 0.25) is 0 Å². The van der Waals surface area contributed by atoms with Gasteiger partial charge in [-0.25, -0.2) is 4.79 Å². The normalized spacial score (nSPS) is 16.2. The Bertz CT molecular complexity index is 980. The van der Waals surface area contributed by atoms with Crippen molar-refractivity contribution in [1.29, 1.82) is 0 Å². The predicted molar refractivity (Wildman–Crippen MR) is 96.7 cm³/mol. The number of esters is 1. The number of nitrogens with zero attached hydrogens (tertiary/aromatic N) is 1. The zero-order valence-electron chi connectivity index (χ0n) is 13.8. The van der Waals surface area contributed by atoms with Crippen molar-refractivity contribution in [2.24, 2.45) is 0 Å². The predicted octanol–water partition coefficient (Wildman–Crippen LogP) is 3.58. The number of fused-ring (bicyclic) bond motifs is 2. The van der Waals surface area contributed by atoms with Crippen molar-refractivity contribution >= 4 is 28.3 Å². The first-order chi connectivity index (χ1) is 12.1. The molecule has 0 bridgehead atoms. The van der Waals surface area contributed by atoms with Gasteiger partial charge in [-0.3, -0.25) is 4.79 Å². The van der Waals surface area contributed by atoms with Gasteiger partial charge in [-0.15, -0.1) is 0 Å². The van der Waals surface area contributed by atoms with Crippen molar-refractivity contribution in [2.45, 2.75) is 12.5 Å². The second-order valence-electron chi connectivity index (χ2n) is 6.18. The maximum Gasteiger partial charge on any atom is 0.339 e. The van der Waals surface area contributed by atoms with E-state index >= 15 is 0 Å². The summed E-state index contributed by atoms with van der Waals surface area (Å²) >= 11 is 0. The lowest BCUT2D eigenvalue weighted by atomic mass is 9.98. The molecule has 3 aromatic carbocycles. The lowest BCUT2D eigenvalue weighted by Gasteiger charge is -2.27. The van der Waals surface area contributed by atoms with Crippen molar-refractivity contribution < 1.29 is 14.3 Å². The van der Waals surface area contributed by atoms with E-state index in [-0.39, 0.29) is 5.91 Å². The Morgan fingerprint density at radius 3 is 2.56 bits per heavy atom. The Hall–Kier alpha value is -3.14. The minimum atomic E-state index is -0.793. The molecular formula is C21H17NO3. The molecule has 1 heterocycles. The molecule has 25 heavy (non-hydrogen) atoms. The number of benzene rings is 3. The van der Waals surface area contributed by atoms with Gasteiger partial charge in [-0.1, -0.05) is 48.5 Å². The number of cyclic esters (lactones) is 1. The third-order valence-corrected chi connectivity index (χ3v) is 4.62. The van der Waals surface area contributed by atoms with Crippen LogP contribution < -0.4 is 4.90 Å². The van der Waals surface area contributed by atoms with E-state index in [9.17, 15) is 9.59 Å². The maximum atomic E-state index is 12.8. The van der Waals surface area contributed by atoms with Gasteiger partial charge >= 0.3 is 5.97 Å². The van der Waals surface area contributed by atoms with Crippen LogP contribution in [0.25, 0.3) is 10.8 Å². The van der Waals surface area contributed by atoms with E-state index in [1.54, 1.807) is 24.1 Å². The SMILES string of the molecule is CN(C(=O)C1Cc2ccccc2C(=O)O1)c1ccc2ccccc2c1. The zero-order valence-corrected chi connectivity index (χ0v) is 13.8. The third kappa shape index (κ3) is 2.76. The summed E-state index contributed by atoms with van der Waals surface area (Å²) in [4.78, 5) is 26.5. The van der Waals surface area contributed by atoms with Crippen LogP contribution >= 0.6 is 0 Å². The molecule has 1 aliphatic rings. The molecule has 1 amide bonds. The molecule has 0 aliphatic carbocycles. The number of anilines is 1. The number of likely N-dealkylation sites (N-methyl/N-ethyl adjacent to an activating group) is 1. The zero-order chi connectivity index (χ0) is 17.4. The summed E-state index contributed by atoms with van der Waals surface area (Å²) in [5, 5.41) is 2.18. The minimum Gasteiger partial charge on any atom is -0.448 e. The van der Waals surface area contributed by atoms with Crippen molar-refractivity contribution in [1.82, 2.24) is 0 Å². The first-order valence-corrected chi connectivity index (χ1v) is 8.19. The van der Waals surface area contributed by atoms with Crippen LogP contribution in [0.3, 0.4) is 0 Å². The van der Waals surface area contributed by atoms with E-state index < -0.39 is 12.1 Å². The van der Waals surface area contributed by atoms with E-state index in [4.69, 9.17) is 4.74 Å². The molecule has 3 aromatic rings. The van der Waals surface area contributed by atoms with Gasteiger partial charge in [-0.05, 0) is 34.5 Å². The van der Waals surface area contributed by atoms with E-state index in [0.29, 0.717) is 12.0 Å². The highest BCUT2D eigenvalue weighted by Gasteiger charge is 2.33. The quantitative estimate of drug-likeness (QED) is 0.674. The Morgan fingerprint density at radius 2 is 1.72 bits per heavy atom. The monoisotopic (exact) mass is 331 g/mol. The molecule has 4 rings (SSSR count). The van der Waals surface area contributed by atoms with Crippen molar-refractivity contribution in [3.05, 3.63) is 77.9 Å². The minimum absolute atomic E-state index is 0.224. The number of rotatable bonds is 2. The summed E-state index contributed by atoms with van der Waals surface area (Å²) in [5.74, 6) is -0.662. The lowest BCUT2D eigenvalue weighted by molar-refractivity contribution is -0.127. The van der Waals surface area contributed by atoms with Gasteiger partial charge in [0, 0.05) is 19.2 Å². The van der Waals surface area contributed by atoms with Gasteiger partial charge in [0.25, 0.3) is 5.91 Å². The fraction of sp³-hybridized carbons (Fsp3) is 0.143. The van der Waals surface area contributed by atoms with Crippen LogP contribution in [0.1, 0.15) is 15.9 Å². The Labute approximate surface area is 145 Å². The molecule has 1 atom stereocenters. The molecule has 124 valence electrons. The number of amides is 1. The van der Waals surface area contributed by atoms with E-state index in [2.05, 4.69) is 0 Å². The summed E-state index contributed by atoms with van der Waals surface area (Å²) < 4.78 is 5.37. The third-order valence-electron chi connectivity index (χ3n) is 4.62. The van der Waals surface area contributed by atoms with Gasteiger partial charge in [0.1, 0.15) is 0 Å². The average Bonchev–Trinajstić information content (AvgIpc) is 2.66. The number of carbonyl (C=O) groups excluding carboxylic acids is 2. The number of hydrogen-bond acceptors (Lipinski definition) is 3. The van der Waals surface area contributed by atoms with Gasteiger partial charge < -0.3 is 9.64 Å². The first kappa shape index (κ1) is 15.4. The average molecular weight is 331 g/mol. The van der Waals surface area contributed by atoms with E-state index in [1.807, 2.05) is 54.6 Å². The van der Waals surface area contributed by atoms with Crippen LogP contribution in [-0.4, -0.2) is 25.0 Å². The molecule has 0 fully saturated rings. The standard InChI is InChI=1S/C21H17NO3/c1-22(17-11-10-14-6-2-3-7-15(14)12-17)20(23)19-13-16-8-4-5-9-18(16)21(24)25-19/h2-12,19H,13H2,1H3. The fourth-order valence-corrected chi connectivity index (χ4v) is 3.20. The molecule has 1 unspecified atom stereocenters. The van der Waals surface area contributed by atoms with Gasteiger partial charge in [0.2, 0.25) is 0 Å². The molecule has 1 aliphatic heterocycles. The van der Waals surface area contributed by atoms with Crippen LogP contribution in [-0.2, 0) is 16.0 Å². The molecule has 0 N–H and O–H groups in total. The highest BCUT2D eigenvalue weighted by atomic mass is 16.5. The number of ether oxygens (including phenoxy) is 1. The Kier molecular flexibility index (Phi) is 3.73. The second kappa shape index (κ2) is 6.06. The number of carbonyl (C=O) groups is 2. The molecule has 4 nitrogen and oxygen atoms in total. The van der Waals surface area contributed by atoms with Crippen LogP contribution in [0, 0.1) is 0 Å². The van der Waals surface area contributed by atoms with E-state index in [0.717, 1.165) is 22.0 Å². The maximum absolute atomic E-state index is 12.8. The summed E-state index contributed by atoms with van der Waals surface area (Å²) in [6.45, 7) is 0. The van der Waals surface area contributed by atoms with Crippen molar-refractivity contribution in [2.75, 3.05) is 11.9 Å². The summed E-state index contributed by atoms with van der Waals surface area (Å²) in [6, 6.07) is 21.1. The van der Waals surface area contributed by atoms with Crippen molar-refractivity contribution in [3.8, 4) is 0 Å². The number of hydrogen-bond donors (Lipinski definition) is 0. The van der Waals surface area contributed by atoms with Crippen LogP contribution in [0.15, 0.2) is 66.7 Å². The molecular weight excluding hydrogens is 314 g/mol. The molecule has 0 aromatic heterocycles. The van der Waals surface area contributed by atoms with E-state index in [1.165, 1.54) is 0 Å². The Balaban J connectivity index is 1.61. The molecule has 0 radical (unpaired) electrons. The van der Waals surface area contributed by atoms with Gasteiger partial charge in [0.05, 0.1) is 5.56 Å². The summed E-state index contributed by atoms with van der Waals surface area (Å²) in [5.41, 5.74) is 2.17. The van der Waals surface area contributed by atoms with Crippen LogP contribution in [0.5, 0.6) is 0 Å². The van der Waals surface area contributed by atoms with Crippen molar-refractivity contribution in [3.63, 3.8) is 0 Å². The molecule has 0 spiro atoms. The van der Waals surface area contributed by atoms with Crippen LogP contribution in [0.4, 0.5) is 5.69 Å². The highest BCUT2D eigenvalue weighted by Crippen LogP contribution is 2.25. The van der Waals surface area contributed by atoms with Gasteiger partial charge in [-0.2, -0.15) is 0 Å². The second-order valence-corrected chi connectivity index (χ2v) is 6.18. The van der Waals surface area contributed by atoms with Gasteiger partial charge in [0.15, 0.2) is 6.10 Å². The molecule has 0 saturated carbocycles. The lowest BCUT2D eigenvalue weighted by Crippen LogP contribution is -2.42. The topological polar surface area (TPSA) is 46.6 Å². The largest absolute Gasteiger partial charge is 0.448 e. The molecule has 0 saturated heterocycles. The smallest absolute Gasteiger partial charge is 0.339 e. The summed E-state index contributed by atoms with van der Waals surface area (Å²) in [7, 11) is 1.71.